The summed E-state index contributed by atoms with van der Waals surface area (Å²) in [5.41, 5.74) is 15.8. The van der Waals surface area contributed by atoms with Gasteiger partial charge in [-0.05, 0) is 150 Å². The van der Waals surface area contributed by atoms with Gasteiger partial charge in [0.2, 0.25) is 0 Å². The Morgan fingerprint density at radius 2 is 0.727 bits per heavy atom. The van der Waals surface area contributed by atoms with E-state index in [0.717, 1.165) is 40.5 Å². The van der Waals surface area contributed by atoms with Gasteiger partial charge in [0.1, 0.15) is 0 Å². The second-order valence-electron chi connectivity index (χ2n) is 17.1. The Balaban J connectivity index is 1.10. The Hall–Kier alpha value is -8.46. The molecule has 0 spiro atoms. The van der Waals surface area contributed by atoms with Crippen LogP contribution in [-0.2, 0) is 0 Å². The molecule has 12 rings (SSSR count). The van der Waals surface area contributed by atoms with Gasteiger partial charge in [-0.15, -0.1) is 0 Å². The maximum atomic E-state index is 2.40. The molecule has 0 aliphatic heterocycles. The highest BCUT2D eigenvalue weighted by atomic mass is 15.1. The van der Waals surface area contributed by atoms with E-state index in [1.165, 1.54) is 71.0 Å². The smallest absolute Gasteiger partial charge is 0.0467 e. The minimum Gasteiger partial charge on any atom is -0.310 e. The van der Waals surface area contributed by atoms with Crippen molar-refractivity contribution in [1.82, 2.24) is 0 Å². The van der Waals surface area contributed by atoms with Gasteiger partial charge in [0, 0.05) is 40.0 Å². The zero-order valence-electron chi connectivity index (χ0n) is 36.5. The second kappa shape index (κ2) is 16.9. The molecule has 1 unspecified atom stereocenters. The van der Waals surface area contributed by atoms with Crippen LogP contribution in [0.5, 0.6) is 0 Å². The lowest BCUT2D eigenvalue weighted by molar-refractivity contribution is 0.798. The molecule has 1 atom stereocenters. The van der Waals surface area contributed by atoms with Crippen molar-refractivity contribution in [2.24, 2.45) is 5.92 Å². The third-order valence-electron chi connectivity index (χ3n) is 13.3. The van der Waals surface area contributed by atoms with Crippen LogP contribution in [0.1, 0.15) is 17.5 Å². The van der Waals surface area contributed by atoms with Crippen molar-refractivity contribution in [1.29, 1.82) is 0 Å². The van der Waals surface area contributed by atoms with Crippen molar-refractivity contribution in [3.8, 4) is 11.1 Å². The second-order valence-corrected chi connectivity index (χ2v) is 17.1. The predicted molar refractivity (Wildman–Crippen MR) is 279 cm³/mol. The normalized spacial score (nSPS) is 14.1. The first-order chi connectivity index (χ1) is 32.8. The average molecular weight is 843 g/mol. The van der Waals surface area contributed by atoms with Gasteiger partial charge >= 0.3 is 0 Å². The van der Waals surface area contributed by atoms with Crippen LogP contribution in [0, 0.1) is 5.92 Å². The number of allylic oxidation sites excluding steroid dienone is 4. The Kier molecular flexibility index (Phi) is 10.0. The molecule has 2 heteroatoms. The molecule has 0 fully saturated rings. The molecule has 0 saturated heterocycles. The molecule has 2 aliphatic rings. The summed E-state index contributed by atoms with van der Waals surface area (Å²) in [5.74, 6) is 0.160. The van der Waals surface area contributed by atoms with Crippen LogP contribution < -0.4 is 20.2 Å². The first kappa shape index (κ1) is 39.2. The molecular formula is C64H46N2. The number of nitrogens with zero attached hydrogens (tertiary/aromatic N) is 2. The van der Waals surface area contributed by atoms with Crippen LogP contribution in [0.4, 0.5) is 34.1 Å². The molecule has 0 N–H and O–H groups in total. The summed E-state index contributed by atoms with van der Waals surface area (Å²) in [4.78, 5) is 4.72. The highest BCUT2D eigenvalue weighted by Gasteiger charge is 2.32. The average Bonchev–Trinajstić information content (AvgIpc) is 3.39. The van der Waals surface area contributed by atoms with Crippen LogP contribution in [0.15, 0.2) is 266 Å². The molecule has 0 radical (unpaired) electrons. The number of hydrogen-bond donors (Lipinski definition) is 0. The zero-order chi connectivity index (χ0) is 43.8. The highest BCUT2D eigenvalue weighted by Crippen LogP contribution is 2.48. The van der Waals surface area contributed by atoms with Crippen molar-refractivity contribution in [2.45, 2.75) is 6.42 Å². The van der Waals surface area contributed by atoms with Gasteiger partial charge in [0.05, 0.1) is 0 Å². The summed E-state index contributed by atoms with van der Waals surface area (Å²) in [6.45, 7) is 0. The fourth-order valence-corrected chi connectivity index (χ4v) is 10.6. The first-order valence-corrected chi connectivity index (χ1v) is 23.0. The Morgan fingerprint density at radius 3 is 1.23 bits per heavy atom. The molecule has 0 amide bonds. The van der Waals surface area contributed by atoms with Gasteiger partial charge in [-0.2, -0.15) is 0 Å². The van der Waals surface area contributed by atoms with Gasteiger partial charge in [0.15, 0.2) is 0 Å². The molecule has 10 aromatic rings. The minimum absolute atomic E-state index is 0.160. The lowest BCUT2D eigenvalue weighted by Gasteiger charge is -2.33. The molecule has 10 aromatic carbocycles. The summed E-state index contributed by atoms with van der Waals surface area (Å²) in [6, 6.07) is 88.3. The Morgan fingerprint density at radius 1 is 0.333 bits per heavy atom. The largest absolute Gasteiger partial charge is 0.310 e. The van der Waals surface area contributed by atoms with Crippen LogP contribution in [0.2, 0.25) is 0 Å². The molecule has 0 heterocycles. The molecular weight excluding hydrogens is 797 g/mol. The topological polar surface area (TPSA) is 6.48 Å². The van der Waals surface area contributed by atoms with E-state index in [1.54, 1.807) is 0 Å². The Bertz CT molecular complexity index is 3470. The standard InChI is InChI=1S/C64H46N2/c1-5-25-47(26-6-1)65(48-27-7-2-8-28-48)51-33-21-23-45(43-51)61-53-35-13-17-39-57(53)63(58-40-18-14-36-54(58)61)64-59-41-19-15-37-55(59)62(56-38-16-20-42-60(56)64)46-24-22-34-52(44-46)66(49-29-9-3-10-30-49)50-31-11-4-12-32-50/h1-37,39-44,56H,38H2. The Labute approximate surface area is 386 Å². The van der Waals surface area contributed by atoms with Gasteiger partial charge in [0.25, 0.3) is 0 Å². The molecule has 2 nitrogen and oxygen atoms in total. The van der Waals surface area contributed by atoms with Crippen molar-refractivity contribution >= 4 is 66.8 Å². The van der Waals surface area contributed by atoms with E-state index < -0.39 is 0 Å². The lowest BCUT2D eigenvalue weighted by atomic mass is 9.71. The van der Waals surface area contributed by atoms with E-state index in [1.807, 2.05) is 0 Å². The molecule has 0 saturated carbocycles. The minimum atomic E-state index is 0.160. The van der Waals surface area contributed by atoms with E-state index in [-0.39, 0.29) is 5.92 Å². The SMILES string of the molecule is C1=CCC2C(=C1)C(c1c3ccccc3c(-c3cccc(N(c4ccccc4)c4ccccc4)c3)c3ccccc13)=c1ccccc1=C2c1cccc(N(c2ccccc2)c2ccccc2)c1. The van der Waals surface area contributed by atoms with Crippen LogP contribution in [0.3, 0.4) is 0 Å². The van der Waals surface area contributed by atoms with E-state index in [2.05, 4.69) is 271 Å². The van der Waals surface area contributed by atoms with Crippen molar-refractivity contribution in [3.63, 3.8) is 0 Å². The maximum absolute atomic E-state index is 2.40. The monoisotopic (exact) mass is 842 g/mol. The predicted octanol–water partition coefficient (Wildman–Crippen LogP) is 15.5. The fraction of sp³-hybridized carbons (Fsp3) is 0.0312. The summed E-state index contributed by atoms with van der Waals surface area (Å²) < 4.78 is 0. The van der Waals surface area contributed by atoms with E-state index in [0.29, 0.717) is 0 Å². The fourth-order valence-electron chi connectivity index (χ4n) is 10.6. The molecule has 0 bridgehead atoms. The van der Waals surface area contributed by atoms with Crippen molar-refractivity contribution in [2.75, 3.05) is 9.80 Å². The quantitative estimate of drug-likeness (QED) is 0.134. The van der Waals surface area contributed by atoms with Crippen LogP contribution in [-0.4, -0.2) is 0 Å². The van der Waals surface area contributed by atoms with Crippen LogP contribution in [0.25, 0.3) is 43.8 Å². The van der Waals surface area contributed by atoms with Crippen LogP contribution >= 0.6 is 0 Å². The number of anilines is 6. The first-order valence-electron chi connectivity index (χ1n) is 23.0. The summed E-state index contributed by atoms with van der Waals surface area (Å²) >= 11 is 0. The number of hydrogen-bond acceptors (Lipinski definition) is 2. The maximum Gasteiger partial charge on any atom is 0.0467 e. The van der Waals surface area contributed by atoms with Crippen molar-refractivity contribution < 1.29 is 0 Å². The van der Waals surface area contributed by atoms with E-state index in [4.69, 9.17) is 0 Å². The number of fused-ring (bicyclic) bond motifs is 4. The summed E-state index contributed by atoms with van der Waals surface area (Å²) in [5, 5.41) is 7.56. The summed E-state index contributed by atoms with van der Waals surface area (Å²) in [7, 11) is 0. The molecule has 2 aliphatic carbocycles. The highest BCUT2D eigenvalue weighted by molar-refractivity contribution is 6.20. The van der Waals surface area contributed by atoms with Gasteiger partial charge in [-0.25, -0.2) is 0 Å². The molecule has 312 valence electrons. The van der Waals surface area contributed by atoms with E-state index in [9.17, 15) is 0 Å². The third kappa shape index (κ3) is 6.83. The lowest BCUT2D eigenvalue weighted by Crippen LogP contribution is -2.37. The molecule has 0 aromatic heterocycles. The number of benzene rings is 10. The van der Waals surface area contributed by atoms with Gasteiger partial charge in [-0.1, -0.05) is 188 Å². The van der Waals surface area contributed by atoms with Gasteiger partial charge < -0.3 is 9.80 Å². The summed E-state index contributed by atoms with van der Waals surface area (Å²) in [6.07, 6.45) is 7.94. The van der Waals surface area contributed by atoms with E-state index >= 15 is 0 Å². The number of rotatable bonds is 9. The zero-order valence-corrected chi connectivity index (χ0v) is 36.5. The van der Waals surface area contributed by atoms with Crippen molar-refractivity contribution in [3.05, 3.63) is 288 Å². The third-order valence-corrected chi connectivity index (χ3v) is 13.3. The molecule has 66 heavy (non-hydrogen) atoms. The number of para-hydroxylation sites is 4. The van der Waals surface area contributed by atoms with Gasteiger partial charge in [-0.3, -0.25) is 0 Å².